The van der Waals surface area contributed by atoms with E-state index in [-0.39, 0.29) is 6.04 Å². The fourth-order valence-electron chi connectivity index (χ4n) is 8.31. The molecule has 0 radical (unpaired) electrons. The molecule has 0 unspecified atom stereocenters. The lowest BCUT2D eigenvalue weighted by atomic mass is 10.0. The van der Waals surface area contributed by atoms with Gasteiger partial charge in [-0.3, -0.25) is 4.99 Å². The molecule has 5 heteroatoms. The Hall–Kier alpha value is -7.50. The van der Waals surface area contributed by atoms with Gasteiger partial charge in [0.25, 0.3) is 0 Å². The van der Waals surface area contributed by atoms with Gasteiger partial charge in [0.2, 0.25) is 0 Å². The first-order valence-corrected chi connectivity index (χ1v) is 19.3. The van der Waals surface area contributed by atoms with E-state index in [2.05, 4.69) is 133 Å². The first-order chi connectivity index (χ1) is 28.2. The third-order valence-corrected chi connectivity index (χ3v) is 11.1. The second kappa shape index (κ2) is 13.4. The summed E-state index contributed by atoms with van der Waals surface area (Å²) >= 11 is 0. The molecule has 0 aliphatic rings. The molecule has 270 valence electrons. The second-order valence-electron chi connectivity index (χ2n) is 14.5. The van der Waals surface area contributed by atoms with Crippen molar-refractivity contribution in [2.24, 2.45) is 9.98 Å². The summed E-state index contributed by atoms with van der Waals surface area (Å²) in [7, 11) is 0. The number of hydrogen-bond acceptors (Lipinski definition) is 3. The van der Waals surface area contributed by atoms with Gasteiger partial charge in [-0.25, -0.2) is 4.99 Å². The largest absolute Gasteiger partial charge is 0.455 e. The van der Waals surface area contributed by atoms with Crippen LogP contribution in [0.5, 0.6) is 0 Å². The maximum absolute atomic E-state index is 6.86. The highest BCUT2D eigenvalue weighted by atomic mass is 16.3. The van der Waals surface area contributed by atoms with E-state index in [0.717, 1.165) is 77.3 Å². The van der Waals surface area contributed by atoms with Crippen LogP contribution in [0.4, 0.5) is 0 Å². The van der Waals surface area contributed by atoms with Gasteiger partial charge in [-0.1, -0.05) is 146 Å². The van der Waals surface area contributed by atoms with Crippen molar-refractivity contribution in [3.8, 4) is 16.8 Å². The quantitative estimate of drug-likeness (QED) is 0.126. The zero-order valence-electron chi connectivity index (χ0n) is 31.1. The highest BCUT2D eigenvalue weighted by molar-refractivity contribution is 6.14. The van der Waals surface area contributed by atoms with Crippen molar-refractivity contribution in [3.05, 3.63) is 199 Å². The predicted octanol–water partition coefficient (Wildman–Crippen LogP) is 13.9. The molecule has 5 nitrogen and oxygen atoms in total. The average Bonchev–Trinajstić information content (AvgIpc) is 3.95. The first kappa shape index (κ1) is 32.9. The molecule has 0 saturated carbocycles. The lowest BCUT2D eigenvalue weighted by molar-refractivity contribution is 0.664. The molecule has 0 N–H and O–H groups in total. The molecule has 0 fully saturated rings. The summed E-state index contributed by atoms with van der Waals surface area (Å²) in [6.45, 7) is 2.11. The summed E-state index contributed by atoms with van der Waals surface area (Å²) in [5, 5.41) is 6.72. The van der Waals surface area contributed by atoms with Gasteiger partial charge in [0, 0.05) is 49.7 Å². The van der Waals surface area contributed by atoms with Crippen LogP contribution in [0.25, 0.3) is 82.5 Å². The summed E-state index contributed by atoms with van der Waals surface area (Å²) in [4.78, 5) is 10.2. The van der Waals surface area contributed by atoms with Crippen molar-refractivity contribution < 1.29 is 8.83 Å². The number of para-hydroxylation sites is 4. The molecule has 0 bridgehead atoms. The predicted molar refractivity (Wildman–Crippen MR) is 236 cm³/mol. The summed E-state index contributed by atoms with van der Waals surface area (Å²) in [6, 6.07) is 63.1. The highest BCUT2D eigenvalue weighted by Crippen LogP contribution is 2.40. The topological polar surface area (TPSA) is 55.9 Å². The van der Waals surface area contributed by atoms with Crippen molar-refractivity contribution >= 4 is 77.7 Å². The number of hydrogen-bond donors (Lipinski definition) is 0. The van der Waals surface area contributed by atoms with Gasteiger partial charge >= 0.3 is 0 Å². The van der Waals surface area contributed by atoms with Crippen molar-refractivity contribution in [3.63, 3.8) is 0 Å². The third-order valence-electron chi connectivity index (χ3n) is 11.1. The van der Waals surface area contributed by atoms with Crippen LogP contribution in [0.1, 0.15) is 29.7 Å². The van der Waals surface area contributed by atoms with E-state index in [9.17, 15) is 0 Å². The zero-order chi connectivity index (χ0) is 37.9. The van der Waals surface area contributed by atoms with Gasteiger partial charge in [-0.05, 0) is 60.0 Å². The monoisotopic (exact) mass is 733 g/mol. The molecule has 8 aromatic carbocycles. The van der Waals surface area contributed by atoms with E-state index in [1.807, 2.05) is 66.9 Å². The average molecular weight is 734 g/mol. The normalized spacial score (nSPS) is 13.0. The molecular weight excluding hydrogens is 699 g/mol. The number of aromatic nitrogens is 1. The fourth-order valence-corrected chi connectivity index (χ4v) is 8.31. The Bertz CT molecular complexity index is 3370. The molecule has 3 aromatic heterocycles. The van der Waals surface area contributed by atoms with E-state index in [4.69, 9.17) is 18.8 Å². The van der Waals surface area contributed by atoms with Gasteiger partial charge in [0.05, 0.1) is 22.8 Å². The van der Waals surface area contributed by atoms with Crippen LogP contribution in [-0.2, 0) is 0 Å². The molecule has 0 amide bonds. The van der Waals surface area contributed by atoms with E-state index >= 15 is 0 Å². The Balaban J connectivity index is 1.01. The maximum atomic E-state index is 6.86. The minimum atomic E-state index is -0.204. The van der Waals surface area contributed by atoms with E-state index < -0.39 is 0 Å². The molecule has 57 heavy (non-hydrogen) atoms. The summed E-state index contributed by atoms with van der Waals surface area (Å²) in [6.07, 6.45) is 1.87. The smallest absolute Gasteiger partial charge is 0.159 e. The summed E-state index contributed by atoms with van der Waals surface area (Å²) < 4.78 is 15.5. The Labute approximate surface area is 328 Å². The van der Waals surface area contributed by atoms with E-state index in [1.54, 1.807) is 0 Å². The second-order valence-corrected chi connectivity index (χ2v) is 14.5. The first-order valence-electron chi connectivity index (χ1n) is 19.3. The van der Waals surface area contributed by atoms with Crippen LogP contribution in [0.3, 0.4) is 0 Å². The number of aliphatic imine (C=N–C) groups is 2. The maximum Gasteiger partial charge on any atom is 0.159 e. The Morgan fingerprint density at radius 2 is 1.16 bits per heavy atom. The van der Waals surface area contributed by atoms with E-state index in [0.29, 0.717) is 5.84 Å². The van der Waals surface area contributed by atoms with Crippen LogP contribution in [0.15, 0.2) is 201 Å². The molecule has 0 spiro atoms. The van der Waals surface area contributed by atoms with Crippen LogP contribution in [0, 0.1) is 0 Å². The number of nitrogens with zero attached hydrogens (tertiary/aromatic N) is 3. The number of fused-ring (bicyclic) bond motifs is 9. The van der Waals surface area contributed by atoms with Crippen LogP contribution >= 0.6 is 0 Å². The third kappa shape index (κ3) is 5.55. The summed E-state index contributed by atoms with van der Waals surface area (Å²) in [5.74, 6) is 0.643. The molecule has 3 heterocycles. The number of benzene rings is 8. The Morgan fingerprint density at radius 3 is 2.02 bits per heavy atom. The molecule has 11 rings (SSSR count). The van der Waals surface area contributed by atoms with Crippen molar-refractivity contribution in [1.29, 1.82) is 0 Å². The summed E-state index contributed by atoms with van der Waals surface area (Å²) in [5.41, 5.74) is 11.9. The van der Waals surface area contributed by atoms with Crippen molar-refractivity contribution in [2.45, 2.75) is 13.0 Å². The molecule has 0 aliphatic heterocycles. The van der Waals surface area contributed by atoms with Crippen molar-refractivity contribution in [1.82, 2.24) is 4.57 Å². The van der Waals surface area contributed by atoms with Gasteiger partial charge in [-0.2, -0.15) is 0 Å². The molecular formula is C52H35N3O2. The lowest BCUT2D eigenvalue weighted by Crippen LogP contribution is -2.02. The number of furan rings is 2. The minimum Gasteiger partial charge on any atom is -0.455 e. The number of amidine groups is 1. The van der Waals surface area contributed by atoms with Crippen LogP contribution in [-0.4, -0.2) is 16.6 Å². The molecule has 0 saturated heterocycles. The van der Waals surface area contributed by atoms with Gasteiger partial charge in [0.15, 0.2) is 11.4 Å². The SMILES string of the molecule is C[C@@H](/N=C(\N=C/c1cccc2c1oc1ccccc12)c1ccccc1)c1ccc2c(c1)oc1c(-n3c4ccccc4c4ccc(-c5ccccc5)cc43)cccc12. The van der Waals surface area contributed by atoms with Gasteiger partial charge < -0.3 is 13.4 Å². The van der Waals surface area contributed by atoms with Gasteiger partial charge in [-0.15, -0.1) is 0 Å². The molecule has 0 aliphatic carbocycles. The Kier molecular flexibility index (Phi) is 7.71. The number of rotatable bonds is 6. The van der Waals surface area contributed by atoms with Crippen molar-refractivity contribution in [2.75, 3.05) is 0 Å². The van der Waals surface area contributed by atoms with E-state index in [1.165, 1.54) is 21.9 Å². The van der Waals surface area contributed by atoms with Gasteiger partial charge in [0.1, 0.15) is 16.7 Å². The fraction of sp³-hybridized carbons (Fsp3) is 0.0385. The highest BCUT2D eigenvalue weighted by Gasteiger charge is 2.19. The lowest BCUT2D eigenvalue weighted by Gasteiger charge is -2.10. The Morgan fingerprint density at radius 1 is 0.509 bits per heavy atom. The standard InChI is InChI=1S/C52H35N3O2/c1-33(54-52(35-16-6-3-7-17-35)53-32-38-18-12-21-43-41-20-9-11-25-48(41)56-50(38)43)36-26-29-42-44-22-13-24-46(51(44)57-49(42)31-36)55-45-23-10-8-19-39(45)40-28-27-37(30-47(40)55)34-14-4-2-5-15-34/h2-33H,1H3/b53-32-,54-52-/t33-/m1/s1. The van der Waals surface area contributed by atoms with Crippen LogP contribution < -0.4 is 0 Å². The molecule has 1 atom stereocenters. The van der Waals surface area contributed by atoms with Crippen LogP contribution in [0.2, 0.25) is 0 Å². The zero-order valence-corrected chi connectivity index (χ0v) is 31.1. The molecule has 11 aromatic rings. The minimum absolute atomic E-state index is 0.204.